The van der Waals surface area contributed by atoms with Gasteiger partial charge >= 0.3 is 0 Å². The van der Waals surface area contributed by atoms with Gasteiger partial charge in [0.25, 0.3) is 0 Å². The van der Waals surface area contributed by atoms with E-state index in [1.807, 2.05) is 18.7 Å². The fourth-order valence-electron chi connectivity index (χ4n) is 2.46. The van der Waals surface area contributed by atoms with Crippen molar-refractivity contribution in [1.29, 1.82) is 0 Å². The predicted molar refractivity (Wildman–Crippen MR) is 82.3 cm³/mol. The van der Waals surface area contributed by atoms with Crippen molar-refractivity contribution < 1.29 is 4.74 Å². The summed E-state index contributed by atoms with van der Waals surface area (Å²) in [6, 6.07) is 0. The predicted octanol–water partition coefficient (Wildman–Crippen LogP) is 0.597. The van der Waals surface area contributed by atoms with E-state index in [0.29, 0.717) is 6.54 Å². The first-order valence-corrected chi connectivity index (χ1v) is 8.40. The molecule has 0 spiro atoms. The molecule has 1 N–H and O–H groups in total. The highest BCUT2D eigenvalue weighted by Crippen LogP contribution is 2.23. The van der Waals surface area contributed by atoms with Crippen molar-refractivity contribution >= 4 is 11.8 Å². The lowest BCUT2D eigenvalue weighted by Crippen LogP contribution is -2.20. The summed E-state index contributed by atoms with van der Waals surface area (Å²) in [5.41, 5.74) is 0. The third-order valence-corrected chi connectivity index (χ3v) is 4.64. The van der Waals surface area contributed by atoms with Gasteiger partial charge < -0.3 is 19.2 Å². The lowest BCUT2D eigenvalue weighted by molar-refractivity contribution is 0.0941. The van der Waals surface area contributed by atoms with Gasteiger partial charge in [0.1, 0.15) is 18.0 Å². The molecule has 0 aliphatic carbocycles. The molecule has 1 aliphatic heterocycles. The van der Waals surface area contributed by atoms with Gasteiger partial charge in [0.05, 0.1) is 24.9 Å². The van der Waals surface area contributed by atoms with Crippen LogP contribution in [0.4, 0.5) is 0 Å². The van der Waals surface area contributed by atoms with Crippen molar-refractivity contribution in [3.05, 3.63) is 18.0 Å². The molecular weight excluding hydrogens is 302 g/mol. The fourth-order valence-corrected chi connectivity index (χ4v) is 3.41. The number of aryl methyl sites for hydroxylation is 1. The lowest BCUT2D eigenvalue weighted by atomic mass is 10.2. The van der Waals surface area contributed by atoms with Crippen LogP contribution in [0.25, 0.3) is 0 Å². The molecule has 0 radical (unpaired) electrons. The summed E-state index contributed by atoms with van der Waals surface area (Å²) in [4.78, 5) is 0. The minimum atomic E-state index is 0.265. The summed E-state index contributed by atoms with van der Waals surface area (Å²) in [5.74, 6) is 2.59. The van der Waals surface area contributed by atoms with Crippen molar-refractivity contribution in [1.82, 2.24) is 34.8 Å². The standard InChI is InChI=1S/C13H21N7OS/c1-14-6-11-17-18-13(20(11)7-10-4-3-5-21-10)22-8-12-16-15-9-19(12)2/h9-10,14H,3-8H2,1-2H3/t10-/m1/s1. The minimum absolute atomic E-state index is 0.265. The summed E-state index contributed by atoms with van der Waals surface area (Å²) >= 11 is 1.63. The molecule has 22 heavy (non-hydrogen) atoms. The van der Waals surface area contributed by atoms with Crippen molar-refractivity contribution in [3.8, 4) is 0 Å². The first-order chi connectivity index (χ1) is 10.8. The average molecular weight is 323 g/mol. The van der Waals surface area contributed by atoms with E-state index in [-0.39, 0.29) is 6.10 Å². The van der Waals surface area contributed by atoms with Crippen LogP contribution in [-0.4, -0.2) is 49.3 Å². The van der Waals surface area contributed by atoms with Gasteiger partial charge in [0, 0.05) is 13.7 Å². The first kappa shape index (κ1) is 15.4. The second kappa shape index (κ2) is 7.21. The van der Waals surface area contributed by atoms with E-state index >= 15 is 0 Å². The van der Waals surface area contributed by atoms with Gasteiger partial charge in [-0.25, -0.2) is 0 Å². The highest BCUT2D eigenvalue weighted by molar-refractivity contribution is 7.98. The number of rotatable bonds is 7. The summed E-state index contributed by atoms with van der Waals surface area (Å²) in [6.45, 7) is 2.37. The minimum Gasteiger partial charge on any atom is -0.376 e. The van der Waals surface area contributed by atoms with E-state index in [1.54, 1.807) is 18.1 Å². The van der Waals surface area contributed by atoms with E-state index < -0.39 is 0 Å². The third kappa shape index (κ3) is 3.47. The van der Waals surface area contributed by atoms with Crippen LogP contribution >= 0.6 is 11.8 Å². The Bertz CT molecular complexity index is 605. The molecule has 9 heteroatoms. The molecule has 1 atom stereocenters. The topological polar surface area (TPSA) is 82.7 Å². The number of nitrogens with zero attached hydrogens (tertiary/aromatic N) is 6. The van der Waals surface area contributed by atoms with E-state index in [2.05, 4.69) is 30.3 Å². The van der Waals surface area contributed by atoms with Crippen molar-refractivity contribution in [2.75, 3.05) is 13.7 Å². The Hall–Kier alpha value is -1.45. The number of hydrogen-bond acceptors (Lipinski definition) is 7. The number of ether oxygens (including phenoxy) is 1. The molecule has 0 saturated carbocycles. The third-order valence-electron chi connectivity index (χ3n) is 3.67. The maximum absolute atomic E-state index is 5.75. The number of thioether (sulfide) groups is 1. The number of hydrogen-bond donors (Lipinski definition) is 1. The lowest BCUT2D eigenvalue weighted by Gasteiger charge is -2.14. The van der Waals surface area contributed by atoms with E-state index in [0.717, 1.165) is 48.6 Å². The quantitative estimate of drug-likeness (QED) is 0.747. The second-order valence-electron chi connectivity index (χ2n) is 5.32. The van der Waals surface area contributed by atoms with Gasteiger partial charge in [-0.2, -0.15) is 0 Å². The molecule has 120 valence electrons. The molecule has 0 bridgehead atoms. The van der Waals surface area contributed by atoms with Crippen LogP contribution in [0.5, 0.6) is 0 Å². The van der Waals surface area contributed by atoms with Crippen LogP contribution in [0.15, 0.2) is 11.5 Å². The highest BCUT2D eigenvalue weighted by atomic mass is 32.2. The van der Waals surface area contributed by atoms with Crippen LogP contribution < -0.4 is 5.32 Å². The molecule has 0 amide bonds. The van der Waals surface area contributed by atoms with Crippen molar-refractivity contribution in [2.24, 2.45) is 7.05 Å². The zero-order valence-corrected chi connectivity index (χ0v) is 13.7. The summed E-state index contributed by atoms with van der Waals surface area (Å²) in [5, 5.41) is 20.7. The fraction of sp³-hybridized carbons (Fsp3) is 0.692. The molecule has 1 fully saturated rings. The first-order valence-electron chi connectivity index (χ1n) is 7.42. The van der Waals surface area contributed by atoms with Gasteiger partial charge in [-0.3, -0.25) is 0 Å². The SMILES string of the molecule is CNCc1nnc(SCc2nncn2C)n1C[C@H]1CCCO1. The maximum atomic E-state index is 5.75. The van der Waals surface area contributed by atoms with Crippen LogP contribution in [-0.2, 0) is 30.6 Å². The Morgan fingerprint density at radius 1 is 1.36 bits per heavy atom. The molecule has 3 heterocycles. The smallest absolute Gasteiger partial charge is 0.191 e. The van der Waals surface area contributed by atoms with E-state index in [4.69, 9.17) is 4.74 Å². The zero-order valence-electron chi connectivity index (χ0n) is 12.9. The van der Waals surface area contributed by atoms with Crippen molar-refractivity contribution in [3.63, 3.8) is 0 Å². The van der Waals surface area contributed by atoms with Crippen LogP contribution in [0, 0.1) is 0 Å². The van der Waals surface area contributed by atoms with Gasteiger partial charge in [0.15, 0.2) is 5.16 Å². The molecule has 3 rings (SSSR count). The van der Waals surface area contributed by atoms with E-state index in [9.17, 15) is 0 Å². The summed E-state index contributed by atoms with van der Waals surface area (Å²) < 4.78 is 9.83. The normalized spacial score (nSPS) is 18.2. The Kier molecular flexibility index (Phi) is 5.06. The van der Waals surface area contributed by atoms with Gasteiger partial charge in [-0.15, -0.1) is 20.4 Å². The van der Waals surface area contributed by atoms with Crippen LogP contribution in [0.1, 0.15) is 24.5 Å². The number of aromatic nitrogens is 6. The summed E-state index contributed by atoms with van der Waals surface area (Å²) in [7, 11) is 3.86. The molecule has 0 unspecified atom stereocenters. The largest absolute Gasteiger partial charge is 0.376 e. The van der Waals surface area contributed by atoms with Crippen LogP contribution in [0.3, 0.4) is 0 Å². The van der Waals surface area contributed by atoms with Gasteiger partial charge in [0.2, 0.25) is 0 Å². The second-order valence-corrected chi connectivity index (χ2v) is 6.26. The van der Waals surface area contributed by atoms with Gasteiger partial charge in [-0.05, 0) is 19.9 Å². The number of nitrogens with one attached hydrogen (secondary N) is 1. The molecule has 1 aliphatic rings. The monoisotopic (exact) mass is 323 g/mol. The molecule has 1 saturated heterocycles. The Labute approximate surface area is 133 Å². The van der Waals surface area contributed by atoms with Crippen molar-refractivity contribution in [2.45, 2.75) is 42.9 Å². The Morgan fingerprint density at radius 2 is 2.27 bits per heavy atom. The van der Waals surface area contributed by atoms with Gasteiger partial charge in [-0.1, -0.05) is 11.8 Å². The maximum Gasteiger partial charge on any atom is 0.191 e. The average Bonchev–Trinajstić information content (AvgIpc) is 3.22. The molecule has 0 aromatic carbocycles. The van der Waals surface area contributed by atoms with E-state index in [1.165, 1.54) is 0 Å². The summed E-state index contributed by atoms with van der Waals surface area (Å²) in [6.07, 6.45) is 4.21. The molecule has 2 aromatic heterocycles. The zero-order chi connectivity index (χ0) is 15.4. The highest BCUT2D eigenvalue weighted by Gasteiger charge is 2.21. The molecular formula is C13H21N7OS. The Balaban J connectivity index is 1.72. The Morgan fingerprint density at radius 3 is 2.95 bits per heavy atom. The molecule has 2 aromatic rings. The van der Waals surface area contributed by atoms with Crippen LogP contribution in [0.2, 0.25) is 0 Å². The molecule has 8 nitrogen and oxygen atoms in total.